The van der Waals surface area contributed by atoms with E-state index in [4.69, 9.17) is 0 Å². The minimum atomic E-state index is 0. The van der Waals surface area contributed by atoms with Gasteiger partial charge in [0.05, 0.1) is 0 Å². The summed E-state index contributed by atoms with van der Waals surface area (Å²) in [5.41, 5.74) is 0. The lowest BCUT2D eigenvalue weighted by Crippen LogP contribution is -2.16. The zero-order valence-electron chi connectivity index (χ0n) is 6.88. The molecule has 0 aliphatic carbocycles. The Hall–Kier alpha value is -0.660. The van der Waals surface area contributed by atoms with E-state index in [2.05, 4.69) is 35.6 Å². The maximum atomic E-state index is 2.34. The van der Waals surface area contributed by atoms with Crippen LogP contribution in [0.15, 0.2) is 0 Å². The molecular formula is C9H20N2+2. The first-order valence-corrected chi connectivity index (χ1v) is 3.95. The van der Waals surface area contributed by atoms with Crippen LogP contribution in [0.5, 0.6) is 0 Å². The first kappa shape index (κ1) is 10.3. The maximum absolute atomic E-state index is 2.34. The zero-order chi connectivity index (χ0) is 7.40. The van der Waals surface area contributed by atoms with Crippen molar-refractivity contribution in [3.05, 3.63) is 0 Å². The molecule has 0 amide bonds. The quantitative estimate of drug-likeness (QED) is 0.541. The van der Waals surface area contributed by atoms with Gasteiger partial charge < -0.3 is 0 Å². The molecule has 0 aromatic carbocycles. The van der Waals surface area contributed by atoms with Crippen molar-refractivity contribution in [1.29, 1.82) is 0 Å². The van der Waals surface area contributed by atoms with Crippen molar-refractivity contribution in [2.45, 2.75) is 27.2 Å². The van der Waals surface area contributed by atoms with Gasteiger partial charge in [0.15, 0.2) is 0 Å². The average molecular weight is 156 g/mol. The van der Waals surface area contributed by atoms with Crippen molar-refractivity contribution in [3.8, 4) is 0 Å². The second-order valence-electron chi connectivity index (χ2n) is 2.86. The highest BCUT2D eigenvalue weighted by atomic mass is 15.2. The standard InChI is InChI=1S/C8H16N2.CH4/c1-3-4-5-10-7-6-9(2)8-10;/h6-7H,3-5,8H2,1-2H3;1H4/q+2;. The normalized spacial score (nSPS) is 15.5. The van der Waals surface area contributed by atoms with E-state index in [1.807, 2.05) is 0 Å². The van der Waals surface area contributed by atoms with Crippen LogP contribution in [-0.4, -0.2) is 41.8 Å². The Labute approximate surface area is 69.9 Å². The monoisotopic (exact) mass is 156 g/mol. The van der Waals surface area contributed by atoms with E-state index in [1.165, 1.54) is 19.4 Å². The van der Waals surface area contributed by atoms with Gasteiger partial charge in [0.2, 0.25) is 12.4 Å². The third-order valence-corrected chi connectivity index (χ3v) is 1.74. The highest BCUT2D eigenvalue weighted by molar-refractivity contribution is 6.11. The number of nitrogens with zero attached hydrogens (tertiary/aromatic N) is 2. The molecule has 0 unspecified atom stereocenters. The molecule has 0 saturated carbocycles. The van der Waals surface area contributed by atoms with Gasteiger partial charge in [0.1, 0.15) is 13.6 Å². The summed E-state index contributed by atoms with van der Waals surface area (Å²) < 4.78 is 4.53. The fourth-order valence-electron chi connectivity index (χ4n) is 1.10. The molecule has 64 valence electrons. The Morgan fingerprint density at radius 2 is 2.09 bits per heavy atom. The van der Waals surface area contributed by atoms with Gasteiger partial charge in [-0.15, -0.1) is 0 Å². The van der Waals surface area contributed by atoms with Crippen molar-refractivity contribution in [1.82, 2.24) is 0 Å². The molecule has 0 aromatic rings. The zero-order valence-corrected chi connectivity index (χ0v) is 6.88. The number of unbranched alkanes of at least 4 members (excludes halogenated alkanes) is 1. The van der Waals surface area contributed by atoms with Gasteiger partial charge in [0, 0.05) is 6.42 Å². The highest BCUT2D eigenvalue weighted by Crippen LogP contribution is 1.89. The van der Waals surface area contributed by atoms with Crippen LogP contribution < -0.4 is 0 Å². The summed E-state index contributed by atoms with van der Waals surface area (Å²) in [6.45, 7) is 4.50. The first-order valence-electron chi connectivity index (χ1n) is 3.95. The largest absolute Gasteiger partial charge is 0.334 e. The van der Waals surface area contributed by atoms with Crippen molar-refractivity contribution in [2.24, 2.45) is 0 Å². The van der Waals surface area contributed by atoms with E-state index in [-0.39, 0.29) is 7.43 Å². The van der Waals surface area contributed by atoms with Crippen LogP contribution in [0.1, 0.15) is 27.2 Å². The van der Waals surface area contributed by atoms with E-state index in [0.29, 0.717) is 0 Å². The molecular weight excluding hydrogens is 136 g/mol. The Morgan fingerprint density at radius 1 is 1.36 bits per heavy atom. The van der Waals surface area contributed by atoms with Gasteiger partial charge in [-0.1, -0.05) is 20.8 Å². The molecule has 0 aromatic heterocycles. The maximum Gasteiger partial charge on any atom is 0.334 e. The second-order valence-corrected chi connectivity index (χ2v) is 2.86. The van der Waals surface area contributed by atoms with E-state index < -0.39 is 0 Å². The summed E-state index contributed by atoms with van der Waals surface area (Å²) in [5.74, 6) is 0. The minimum Gasteiger partial charge on any atom is -0.176 e. The van der Waals surface area contributed by atoms with Gasteiger partial charge in [-0.3, -0.25) is 0 Å². The predicted molar refractivity (Wildman–Crippen MR) is 49.9 cm³/mol. The summed E-state index contributed by atoms with van der Waals surface area (Å²) in [7, 11) is 2.10. The van der Waals surface area contributed by atoms with Crippen LogP contribution in [0.4, 0.5) is 0 Å². The highest BCUT2D eigenvalue weighted by Gasteiger charge is 2.14. The third kappa shape index (κ3) is 3.30. The Kier molecular flexibility index (Phi) is 4.75. The number of hydrogen-bond donors (Lipinski definition) is 0. The summed E-state index contributed by atoms with van der Waals surface area (Å²) in [6.07, 6.45) is 6.87. The van der Waals surface area contributed by atoms with Gasteiger partial charge in [0.25, 0.3) is 0 Å². The predicted octanol–water partition coefficient (Wildman–Crippen LogP) is 1.19. The Balaban J connectivity index is 0.000001000. The molecule has 0 bridgehead atoms. The smallest absolute Gasteiger partial charge is 0.176 e. The number of hydrogen-bond acceptors (Lipinski definition) is 0. The van der Waals surface area contributed by atoms with Gasteiger partial charge in [-0.2, -0.15) is 9.15 Å². The minimum absolute atomic E-state index is 0. The van der Waals surface area contributed by atoms with Gasteiger partial charge in [-0.25, -0.2) is 0 Å². The van der Waals surface area contributed by atoms with E-state index in [9.17, 15) is 0 Å². The van der Waals surface area contributed by atoms with Crippen molar-refractivity contribution in [2.75, 3.05) is 20.3 Å². The lowest BCUT2D eigenvalue weighted by Gasteiger charge is -1.92. The summed E-state index contributed by atoms with van der Waals surface area (Å²) in [4.78, 5) is 0. The molecule has 2 nitrogen and oxygen atoms in total. The molecule has 1 rings (SSSR count). The van der Waals surface area contributed by atoms with E-state index >= 15 is 0 Å². The molecule has 0 saturated heterocycles. The molecule has 0 N–H and O–H groups in total. The van der Waals surface area contributed by atoms with Crippen molar-refractivity contribution >= 4 is 12.4 Å². The SMILES string of the molecule is C.CCCC[N+]1=CC=[N+](C)C1. The molecule has 11 heavy (non-hydrogen) atoms. The second kappa shape index (κ2) is 5.05. The summed E-state index contributed by atoms with van der Waals surface area (Å²) in [5, 5.41) is 0. The topological polar surface area (TPSA) is 6.02 Å². The number of rotatable bonds is 3. The van der Waals surface area contributed by atoms with Gasteiger partial charge in [-0.05, 0) is 0 Å². The van der Waals surface area contributed by atoms with Crippen LogP contribution in [0, 0.1) is 0 Å². The summed E-state index contributed by atoms with van der Waals surface area (Å²) in [6, 6.07) is 0. The van der Waals surface area contributed by atoms with Crippen LogP contribution in [-0.2, 0) is 0 Å². The van der Waals surface area contributed by atoms with Crippen LogP contribution in [0.3, 0.4) is 0 Å². The van der Waals surface area contributed by atoms with Crippen LogP contribution >= 0.6 is 0 Å². The average Bonchev–Trinajstić information content (AvgIpc) is 2.31. The van der Waals surface area contributed by atoms with Crippen molar-refractivity contribution in [3.63, 3.8) is 0 Å². The van der Waals surface area contributed by atoms with Crippen LogP contribution in [0.25, 0.3) is 0 Å². The lowest BCUT2D eigenvalue weighted by molar-refractivity contribution is -0.699. The van der Waals surface area contributed by atoms with Crippen molar-refractivity contribution < 1.29 is 9.15 Å². The van der Waals surface area contributed by atoms with E-state index in [0.717, 1.165) is 6.67 Å². The third-order valence-electron chi connectivity index (χ3n) is 1.74. The molecule has 1 aliphatic rings. The summed E-state index contributed by atoms with van der Waals surface area (Å²) >= 11 is 0. The first-order chi connectivity index (χ1) is 4.83. The lowest BCUT2D eigenvalue weighted by atomic mass is 10.3. The molecule has 1 aliphatic heterocycles. The molecule has 0 spiro atoms. The molecule has 2 heteroatoms. The van der Waals surface area contributed by atoms with Gasteiger partial charge >= 0.3 is 6.67 Å². The fraction of sp³-hybridized carbons (Fsp3) is 0.778. The Morgan fingerprint density at radius 3 is 2.55 bits per heavy atom. The Bertz CT molecular complexity index is 168. The molecule has 0 atom stereocenters. The van der Waals surface area contributed by atoms with Crippen LogP contribution in [0.2, 0.25) is 0 Å². The molecule has 0 radical (unpaired) electrons. The fourth-order valence-corrected chi connectivity index (χ4v) is 1.10. The molecule has 1 heterocycles. The van der Waals surface area contributed by atoms with E-state index in [1.54, 1.807) is 0 Å². The molecule has 0 fully saturated rings.